The fourth-order valence-electron chi connectivity index (χ4n) is 6.94. The second-order valence-electron chi connectivity index (χ2n) is 12.6. The Morgan fingerprint density at radius 3 is 2.46 bits per heavy atom. The van der Waals surface area contributed by atoms with Crippen LogP contribution in [0.3, 0.4) is 0 Å². The molecule has 0 atom stereocenters. The van der Waals surface area contributed by atoms with Crippen molar-refractivity contribution >= 4 is 21.8 Å². The van der Waals surface area contributed by atoms with Crippen molar-refractivity contribution in [1.29, 1.82) is 0 Å². The van der Waals surface area contributed by atoms with E-state index in [1.165, 1.54) is 24.0 Å². The molecule has 0 bridgehead atoms. The lowest BCUT2D eigenvalue weighted by atomic mass is 10.00. The van der Waals surface area contributed by atoms with Crippen molar-refractivity contribution < 1.29 is 5.11 Å². The van der Waals surface area contributed by atoms with Crippen LogP contribution in [0.5, 0.6) is 0 Å². The molecule has 0 amide bonds. The monoisotopic (exact) mass is 610 g/mol. The Bertz CT molecular complexity index is 2100. The SMILES string of the molecule is CCN1CCN(Cc2ccc(-c3cc4c(-c5cccc(-n6ccc7cc(C8CC8)ccc7c6=O)c5CO)ncnc4[nH]3)cc2)CC1. The van der Waals surface area contributed by atoms with Crippen LogP contribution in [0, 0.1) is 0 Å². The maximum atomic E-state index is 13.7. The zero-order valence-corrected chi connectivity index (χ0v) is 26.1. The molecule has 0 spiro atoms. The maximum absolute atomic E-state index is 13.7. The zero-order valence-electron chi connectivity index (χ0n) is 26.1. The number of rotatable bonds is 8. The second-order valence-corrected chi connectivity index (χ2v) is 12.6. The third kappa shape index (κ3) is 5.32. The van der Waals surface area contributed by atoms with E-state index in [0.717, 1.165) is 72.5 Å². The van der Waals surface area contributed by atoms with E-state index in [1.54, 1.807) is 10.9 Å². The molecule has 4 heterocycles. The van der Waals surface area contributed by atoms with Crippen molar-refractivity contribution in [1.82, 2.24) is 29.3 Å². The molecule has 3 aromatic carbocycles. The number of fused-ring (bicyclic) bond motifs is 2. The summed E-state index contributed by atoms with van der Waals surface area (Å²) in [7, 11) is 0. The number of H-pyrrole nitrogens is 1. The van der Waals surface area contributed by atoms with Crippen LogP contribution in [-0.2, 0) is 13.2 Å². The number of aromatic nitrogens is 4. The van der Waals surface area contributed by atoms with Gasteiger partial charge in [0.2, 0.25) is 0 Å². The number of benzene rings is 3. The van der Waals surface area contributed by atoms with Crippen LogP contribution in [0.25, 0.3) is 50.0 Å². The van der Waals surface area contributed by atoms with Gasteiger partial charge in [-0.3, -0.25) is 14.3 Å². The molecule has 8 nitrogen and oxygen atoms in total. The number of nitrogens with one attached hydrogen (secondary N) is 1. The normalized spacial score (nSPS) is 16.0. The largest absolute Gasteiger partial charge is 0.392 e. The van der Waals surface area contributed by atoms with Gasteiger partial charge in [-0.25, -0.2) is 9.97 Å². The molecule has 8 heteroatoms. The van der Waals surface area contributed by atoms with Crippen LogP contribution in [0.1, 0.15) is 42.4 Å². The summed E-state index contributed by atoms with van der Waals surface area (Å²) in [6.45, 7) is 8.54. The van der Waals surface area contributed by atoms with Gasteiger partial charge < -0.3 is 15.0 Å². The minimum absolute atomic E-state index is 0.102. The predicted octanol–water partition coefficient (Wildman–Crippen LogP) is 6.10. The molecule has 1 saturated carbocycles. The van der Waals surface area contributed by atoms with Crippen molar-refractivity contribution in [3.8, 4) is 28.2 Å². The number of nitrogens with zero attached hydrogens (tertiary/aromatic N) is 5. The number of aromatic amines is 1. The van der Waals surface area contributed by atoms with E-state index in [2.05, 4.69) is 74.1 Å². The van der Waals surface area contributed by atoms with Gasteiger partial charge in [-0.1, -0.05) is 55.5 Å². The van der Waals surface area contributed by atoms with Crippen LogP contribution < -0.4 is 5.56 Å². The van der Waals surface area contributed by atoms with Gasteiger partial charge in [0.05, 0.1) is 18.0 Å². The average molecular weight is 611 g/mol. The van der Waals surface area contributed by atoms with Crippen LogP contribution in [0.15, 0.2) is 90.1 Å². The summed E-state index contributed by atoms with van der Waals surface area (Å²) < 4.78 is 1.64. The molecule has 0 unspecified atom stereocenters. The summed E-state index contributed by atoms with van der Waals surface area (Å²) in [5, 5.41) is 13.2. The Kier molecular flexibility index (Phi) is 7.48. The third-order valence-electron chi connectivity index (χ3n) is 9.81. The minimum atomic E-state index is -0.242. The number of hydrogen-bond acceptors (Lipinski definition) is 6. The zero-order chi connectivity index (χ0) is 31.2. The van der Waals surface area contributed by atoms with Gasteiger partial charge in [0.25, 0.3) is 5.56 Å². The Hall–Kier alpha value is -4.63. The highest BCUT2D eigenvalue weighted by molar-refractivity contribution is 5.95. The van der Waals surface area contributed by atoms with Gasteiger partial charge in [0.15, 0.2) is 0 Å². The van der Waals surface area contributed by atoms with Crippen LogP contribution in [0.2, 0.25) is 0 Å². The number of aliphatic hydroxyl groups excluding tert-OH is 1. The van der Waals surface area contributed by atoms with Gasteiger partial charge in [-0.15, -0.1) is 0 Å². The summed E-state index contributed by atoms with van der Waals surface area (Å²) in [6.07, 6.45) is 5.81. The van der Waals surface area contributed by atoms with Gasteiger partial charge >= 0.3 is 0 Å². The van der Waals surface area contributed by atoms with Gasteiger partial charge in [0, 0.05) is 66.5 Å². The number of pyridine rings is 1. The second kappa shape index (κ2) is 11.9. The van der Waals surface area contributed by atoms with E-state index >= 15 is 0 Å². The topological polar surface area (TPSA) is 90.3 Å². The standard InChI is InChI=1S/C38H38N6O2/c1-2-42-16-18-43(19-17-42)22-25-6-8-27(9-7-25)34-21-32-36(39-24-40-37(32)41-34)31-4-3-5-35(33(31)23-45)44-15-14-29-20-28(26-10-11-26)12-13-30(29)38(44)46/h3-9,12-15,20-21,24,26,45H,2,10-11,16-19,22-23H2,1H3,(H,39,40,41). The van der Waals surface area contributed by atoms with E-state index in [4.69, 9.17) is 0 Å². The van der Waals surface area contributed by atoms with Gasteiger partial charge in [0.1, 0.15) is 12.0 Å². The Balaban J connectivity index is 1.11. The first-order valence-electron chi connectivity index (χ1n) is 16.4. The molecular formula is C38H38N6O2. The smallest absolute Gasteiger partial charge is 0.262 e. The first-order valence-corrected chi connectivity index (χ1v) is 16.4. The summed E-state index contributed by atoms with van der Waals surface area (Å²) in [6, 6.07) is 24.7. The Morgan fingerprint density at radius 1 is 0.891 bits per heavy atom. The average Bonchev–Trinajstić information content (AvgIpc) is 3.86. The number of likely N-dealkylation sites (N-methyl/N-ethyl adjacent to an activating group) is 1. The van der Waals surface area contributed by atoms with Crippen molar-refractivity contribution in [3.05, 3.63) is 112 Å². The molecule has 1 saturated heterocycles. The van der Waals surface area contributed by atoms with E-state index in [-0.39, 0.29) is 12.2 Å². The fraction of sp³-hybridized carbons (Fsp3) is 0.289. The lowest BCUT2D eigenvalue weighted by molar-refractivity contribution is 0.132. The van der Waals surface area contributed by atoms with Crippen molar-refractivity contribution in [2.75, 3.05) is 32.7 Å². The number of aliphatic hydroxyl groups is 1. The highest BCUT2D eigenvalue weighted by Crippen LogP contribution is 2.41. The summed E-state index contributed by atoms with van der Waals surface area (Å²) >= 11 is 0. The molecule has 1 aliphatic heterocycles. The van der Waals surface area contributed by atoms with Crippen LogP contribution >= 0.6 is 0 Å². The number of hydrogen-bond donors (Lipinski definition) is 2. The van der Waals surface area contributed by atoms with E-state index < -0.39 is 0 Å². The molecule has 1 aliphatic carbocycles. The lowest BCUT2D eigenvalue weighted by Gasteiger charge is -2.34. The molecule has 2 fully saturated rings. The molecule has 0 radical (unpaired) electrons. The maximum Gasteiger partial charge on any atom is 0.262 e. The Labute approximate surface area is 268 Å². The Morgan fingerprint density at radius 2 is 1.70 bits per heavy atom. The van der Waals surface area contributed by atoms with Crippen molar-refractivity contribution in [2.45, 2.75) is 38.8 Å². The van der Waals surface area contributed by atoms with Crippen LogP contribution in [0.4, 0.5) is 0 Å². The fourth-order valence-corrected chi connectivity index (χ4v) is 6.94. The van der Waals surface area contributed by atoms with Gasteiger partial charge in [-0.2, -0.15) is 0 Å². The molecular weight excluding hydrogens is 572 g/mol. The van der Waals surface area contributed by atoms with Crippen molar-refractivity contribution in [2.24, 2.45) is 0 Å². The quantitative estimate of drug-likeness (QED) is 0.216. The minimum Gasteiger partial charge on any atom is -0.392 e. The summed E-state index contributed by atoms with van der Waals surface area (Å²) in [5.74, 6) is 0.625. The lowest BCUT2D eigenvalue weighted by Crippen LogP contribution is -2.45. The van der Waals surface area contributed by atoms with E-state index in [9.17, 15) is 9.90 Å². The van der Waals surface area contributed by atoms with Crippen LogP contribution in [-0.4, -0.2) is 67.1 Å². The summed E-state index contributed by atoms with van der Waals surface area (Å²) in [4.78, 5) is 31.4. The third-order valence-corrected chi connectivity index (χ3v) is 9.81. The molecule has 232 valence electrons. The van der Waals surface area contributed by atoms with E-state index in [0.29, 0.717) is 28.2 Å². The molecule has 46 heavy (non-hydrogen) atoms. The van der Waals surface area contributed by atoms with Gasteiger partial charge in [-0.05, 0) is 71.6 Å². The molecule has 2 aliphatic rings. The number of piperazine rings is 1. The highest BCUT2D eigenvalue weighted by atomic mass is 16.3. The molecule has 6 aromatic rings. The van der Waals surface area contributed by atoms with E-state index in [1.807, 2.05) is 36.5 Å². The predicted molar refractivity (Wildman–Crippen MR) is 183 cm³/mol. The first kappa shape index (κ1) is 28.8. The molecule has 2 N–H and O–H groups in total. The highest BCUT2D eigenvalue weighted by Gasteiger charge is 2.24. The molecule has 8 rings (SSSR count). The summed E-state index contributed by atoms with van der Waals surface area (Å²) in [5.41, 5.74) is 8.04. The van der Waals surface area contributed by atoms with Crippen molar-refractivity contribution in [3.63, 3.8) is 0 Å². The first-order chi connectivity index (χ1) is 22.6. The molecule has 3 aromatic heterocycles.